The lowest BCUT2D eigenvalue weighted by molar-refractivity contribution is 0.668. The van der Waals surface area contributed by atoms with Crippen LogP contribution in [0, 0.1) is 0 Å². The van der Waals surface area contributed by atoms with Crippen LogP contribution < -0.4 is 0 Å². The molecule has 0 saturated heterocycles. The molecule has 552 valence electrons. The van der Waals surface area contributed by atoms with Crippen molar-refractivity contribution in [2.75, 3.05) is 0 Å². The van der Waals surface area contributed by atoms with Crippen LogP contribution in [0.3, 0.4) is 0 Å². The number of aromatic nitrogens is 6. The minimum absolute atomic E-state index is 0.839. The molecule has 0 aliphatic rings. The van der Waals surface area contributed by atoms with Gasteiger partial charge >= 0.3 is 0 Å². The van der Waals surface area contributed by atoms with Gasteiger partial charge in [0.15, 0.2) is 0 Å². The Bertz CT molecular complexity index is 8030. The van der Waals surface area contributed by atoms with E-state index in [4.69, 9.17) is 42.6 Å². The van der Waals surface area contributed by atoms with E-state index in [1.165, 1.54) is 0 Å². The molecule has 0 aliphatic carbocycles. The molecule has 8 aromatic heterocycles. The van der Waals surface area contributed by atoms with E-state index >= 15 is 0 Å². The van der Waals surface area contributed by atoms with Crippen LogP contribution in [-0.4, -0.2) is 29.9 Å². The van der Waals surface area contributed by atoms with E-state index in [0.29, 0.717) is 0 Å². The first-order chi connectivity index (χ1) is 58.4. The average molecular weight is 1510 g/mol. The second-order valence-corrected chi connectivity index (χ2v) is 29.5. The normalized spacial score (nSPS) is 11.6. The maximum Gasteiger partial charge on any atom is 0.136 e. The Hall–Kier alpha value is -16.0. The van der Waals surface area contributed by atoms with Crippen LogP contribution in [-0.2, 0) is 0 Å². The second-order valence-electron chi connectivity index (χ2n) is 29.5. The van der Waals surface area contributed by atoms with Gasteiger partial charge in [0.05, 0.1) is 61.7 Å². The fraction of sp³-hybridized carbons (Fsp3) is 0. The van der Waals surface area contributed by atoms with Crippen LogP contribution in [0.15, 0.2) is 418 Å². The minimum Gasteiger partial charge on any atom is -0.456 e. The third-order valence-corrected chi connectivity index (χ3v) is 22.3. The number of hydrogen-bond acceptors (Lipinski definition) is 10. The van der Waals surface area contributed by atoms with Gasteiger partial charge in [-0.25, -0.2) is 24.9 Å². The van der Waals surface area contributed by atoms with Crippen molar-refractivity contribution in [3.05, 3.63) is 401 Å². The average Bonchev–Trinajstić information content (AvgIpc) is 1.66. The molecule has 0 N–H and O–H groups in total. The number of fused-ring (bicyclic) bond motifs is 15. The highest BCUT2D eigenvalue weighted by atomic mass is 16.3. The Kier molecular flexibility index (Phi) is 17.0. The molecule has 0 saturated carbocycles. The van der Waals surface area contributed by atoms with Gasteiger partial charge in [0.1, 0.15) is 44.7 Å². The Balaban J connectivity index is 0.000000107. The summed E-state index contributed by atoms with van der Waals surface area (Å²) in [6.07, 6.45) is 1.83. The van der Waals surface area contributed by atoms with Crippen molar-refractivity contribution in [2.45, 2.75) is 0 Å². The first kappa shape index (κ1) is 68.7. The fourth-order valence-electron chi connectivity index (χ4n) is 16.4. The summed E-state index contributed by atoms with van der Waals surface area (Å²) >= 11 is 0. The van der Waals surface area contributed by atoms with E-state index in [2.05, 4.69) is 236 Å². The van der Waals surface area contributed by atoms with Crippen LogP contribution in [0.25, 0.3) is 233 Å². The highest BCUT2D eigenvalue weighted by Gasteiger charge is 2.21. The minimum atomic E-state index is 0.839. The lowest BCUT2D eigenvalue weighted by atomic mass is 9.97. The van der Waals surface area contributed by atoms with Crippen molar-refractivity contribution in [3.63, 3.8) is 0 Å². The van der Waals surface area contributed by atoms with E-state index in [0.717, 1.165) is 233 Å². The van der Waals surface area contributed by atoms with Gasteiger partial charge in [0.25, 0.3) is 0 Å². The molecule has 0 unspecified atom stereocenters. The summed E-state index contributed by atoms with van der Waals surface area (Å²) in [7, 11) is 0. The lowest BCUT2D eigenvalue weighted by Crippen LogP contribution is -1.95. The predicted molar refractivity (Wildman–Crippen MR) is 482 cm³/mol. The quantitative estimate of drug-likeness (QED) is 0.130. The standard InChI is InChI=1S/C38H22N2O2.C38H24N2O.C32H20N2O/c1-5-14-33-27(10-1)29-18-16-24(22-36(29)42-33)23-8-7-9-25(20-23)37-38(40-32-13-4-3-12-31(32)39-37)26-17-19-35-30(21-26)28-11-2-6-15-34(28)41-35;1-3-10-25(11-4-1)37-38(26-12-5-2-6-13-26)40-34-23-29(19-21-33(34)39-37)27-14-9-15-28(22-27)30-18-20-32-31-16-7-8-17-35(31)41-36(32)24-30;1-2-8-21(9-3-1)32-27-13-7-17-33-29(27)20-28(34-32)24-11-6-10-22(18-24)23-15-16-26-25-12-4-5-14-30(25)35-31(26)19-23/h1-22H;1-24H;1-20H. The van der Waals surface area contributed by atoms with Crippen molar-refractivity contribution in [2.24, 2.45) is 0 Å². The zero-order chi connectivity index (χ0) is 78.0. The molecule has 24 aromatic rings. The topological polar surface area (TPSA) is 130 Å². The van der Waals surface area contributed by atoms with E-state index in [9.17, 15) is 0 Å². The summed E-state index contributed by atoms with van der Waals surface area (Å²) < 4.78 is 24.6. The molecule has 0 spiro atoms. The molecule has 10 nitrogen and oxygen atoms in total. The van der Waals surface area contributed by atoms with Crippen molar-refractivity contribution in [3.8, 4) is 112 Å². The predicted octanol–water partition coefficient (Wildman–Crippen LogP) is 29.2. The third kappa shape index (κ3) is 12.8. The fourth-order valence-corrected chi connectivity index (χ4v) is 16.4. The summed E-state index contributed by atoms with van der Waals surface area (Å²) in [5.41, 5.74) is 32.0. The first-order valence-electron chi connectivity index (χ1n) is 39.4. The molecule has 8 heterocycles. The van der Waals surface area contributed by atoms with Crippen molar-refractivity contribution < 1.29 is 17.7 Å². The number of benzene rings is 16. The molecule has 24 rings (SSSR count). The molecule has 0 aliphatic heterocycles. The monoisotopic (exact) mass is 1510 g/mol. The Morgan fingerprint density at radius 3 is 0.958 bits per heavy atom. The molecule has 16 aromatic carbocycles. The van der Waals surface area contributed by atoms with Gasteiger partial charge in [-0.3, -0.25) is 4.98 Å². The zero-order valence-corrected chi connectivity index (χ0v) is 63.4. The Morgan fingerprint density at radius 2 is 0.458 bits per heavy atom. The molecule has 10 heteroatoms. The SMILES string of the molecule is c1cc(-c2ccc3c(c2)oc2ccccc23)cc(-c2nc3ccccc3nc2-c2ccc3oc4ccccc4c3c2)c1.c1ccc(-c2nc(-c3cccc(-c4ccc5c(c4)oc4ccccc45)c3)cc3ncccc23)cc1.c1ccc(-c2nc3ccc(-c4cccc(-c5ccc6c(c5)oc5ccccc56)c4)cc3nc2-c2ccccc2)cc1. The van der Waals surface area contributed by atoms with Gasteiger partial charge in [0, 0.05) is 88.1 Å². The number of hydrogen-bond donors (Lipinski definition) is 0. The Labute approximate surface area is 676 Å². The van der Waals surface area contributed by atoms with E-state index in [-0.39, 0.29) is 0 Å². The molecule has 118 heavy (non-hydrogen) atoms. The van der Waals surface area contributed by atoms with Crippen LogP contribution in [0.5, 0.6) is 0 Å². The summed E-state index contributed by atoms with van der Waals surface area (Å²) in [5.74, 6) is 0. The molecular formula is C108H66N6O4. The van der Waals surface area contributed by atoms with Gasteiger partial charge in [-0.15, -0.1) is 0 Å². The van der Waals surface area contributed by atoms with Crippen molar-refractivity contribution >= 4 is 121 Å². The highest BCUT2D eigenvalue weighted by Crippen LogP contribution is 2.43. The highest BCUT2D eigenvalue weighted by molar-refractivity contribution is 6.10. The number of para-hydroxylation sites is 6. The van der Waals surface area contributed by atoms with E-state index in [1.807, 2.05) is 170 Å². The zero-order valence-electron chi connectivity index (χ0n) is 63.4. The summed E-state index contributed by atoms with van der Waals surface area (Å²) in [6.45, 7) is 0. The van der Waals surface area contributed by atoms with Gasteiger partial charge in [-0.2, -0.15) is 0 Å². The van der Waals surface area contributed by atoms with E-state index < -0.39 is 0 Å². The molecule has 0 bridgehead atoms. The van der Waals surface area contributed by atoms with E-state index in [1.54, 1.807) is 0 Å². The molecule has 0 radical (unpaired) electrons. The molecule has 0 fully saturated rings. The molecule has 0 amide bonds. The number of nitrogens with zero attached hydrogens (tertiary/aromatic N) is 6. The molecular weight excluding hydrogens is 1450 g/mol. The summed E-state index contributed by atoms with van der Waals surface area (Å²) in [4.78, 5) is 30.3. The first-order valence-corrected chi connectivity index (χ1v) is 39.4. The number of furan rings is 4. The second kappa shape index (κ2) is 29.2. The van der Waals surface area contributed by atoms with Crippen molar-refractivity contribution in [1.82, 2.24) is 29.9 Å². The maximum absolute atomic E-state index is 6.18. The van der Waals surface area contributed by atoms with Gasteiger partial charge in [-0.1, -0.05) is 255 Å². The number of pyridine rings is 2. The summed E-state index contributed by atoms with van der Waals surface area (Å²) in [6, 6.07) is 135. The third-order valence-electron chi connectivity index (χ3n) is 22.3. The van der Waals surface area contributed by atoms with Crippen molar-refractivity contribution in [1.29, 1.82) is 0 Å². The maximum atomic E-state index is 6.18. The van der Waals surface area contributed by atoms with Crippen LogP contribution >= 0.6 is 0 Å². The molecule has 0 atom stereocenters. The van der Waals surface area contributed by atoms with Crippen LogP contribution in [0.1, 0.15) is 0 Å². The largest absolute Gasteiger partial charge is 0.456 e. The smallest absolute Gasteiger partial charge is 0.136 e. The van der Waals surface area contributed by atoms with Gasteiger partial charge in [0.2, 0.25) is 0 Å². The number of rotatable bonds is 10. The Morgan fingerprint density at radius 1 is 0.144 bits per heavy atom. The summed E-state index contributed by atoms with van der Waals surface area (Å²) in [5, 5.41) is 10.0. The lowest BCUT2D eigenvalue weighted by Gasteiger charge is -2.12. The van der Waals surface area contributed by atoms with Gasteiger partial charge < -0.3 is 17.7 Å². The van der Waals surface area contributed by atoms with Crippen LogP contribution in [0.2, 0.25) is 0 Å². The van der Waals surface area contributed by atoms with Crippen LogP contribution in [0.4, 0.5) is 0 Å². The van der Waals surface area contributed by atoms with Gasteiger partial charge in [-0.05, 0) is 184 Å².